The second kappa shape index (κ2) is 5.93. The van der Waals surface area contributed by atoms with Gasteiger partial charge in [0.15, 0.2) is 10.6 Å². The van der Waals surface area contributed by atoms with Gasteiger partial charge in [-0.2, -0.15) is 0 Å². The summed E-state index contributed by atoms with van der Waals surface area (Å²) in [6.07, 6.45) is 0. The summed E-state index contributed by atoms with van der Waals surface area (Å²) in [7, 11) is 0. The Labute approximate surface area is 126 Å². The van der Waals surface area contributed by atoms with E-state index in [1.165, 1.54) is 4.57 Å². The zero-order chi connectivity index (χ0) is 15.7. The van der Waals surface area contributed by atoms with Gasteiger partial charge in [-0.1, -0.05) is 13.8 Å². The summed E-state index contributed by atoms with van der Waals surface area (Å²) in [5.74, 6) is -1.38. The second-order valence-electron chi connectivity index (χ2n) is 5.40. The fraction of sp³-hybridized carbons (Fsp3) is 0.429. The molecule has 0 saturated carbocycles. The Balaban J connectivity index is 2.44. The van der Waals surface area contributed by atoms with Crippen LogP contribution >= 0.6 is 12.2 Å². The van der Waals surface area contributed by atoms with Gasteiger partial charge in [-0.15, -0.1) is 0 Å². The van der Waals surface area contributed by atoms with Crippen LogP contribution in [-0.2, 0) is 4.79 Å². The first kappa shape index (κ1) is 15.6. The monoisotopic (exact) mass is 313 g/mol. The molecular formula is C14H17F2N3OS. The van der Waals surface area contributed by atoms with E-state index in [-0.39, 0.29) is 21.7 Å². The van der Waals surface area contributed by atoms with Crippen LogP contribution in [-0.4, -0.2) is 22.0 Å². The zero-order valence-corrected chi connectivity index (χ0v) is 12.9. The van der Waals surface area contributed by atoms with Crippen molar-refractivity contribution < 1.29 is 13.6 Å². The van der Waals surface area contributed by atoms with Gasteiger partial charge >= 0.3 is 0 Å². The predicted octanol–water partition coefficient (Wildman–Crippen LogP) is 3.31. The molecule has 0 aliphatic rings. The molecule has 1 atom stereocenters. The number of halogens is 2. The Hall–Kier alpha value is -1.76. The zero-order valence-electron chi connectivity index (χ0n) is 12.0. The summed E-state index contributed by atoms with van der Waals surface area (Å²) in [4.78, 5) is 14.8. The third kappa shape index (κ3) is 3.12. The number of carbonyl (C=O) groups excluding carboxylic acids is 1. The highest BCUT2D eigenvalue weighted by Gasteiger charge is 2.20. The second-order valence-corrected chi connectivity index (χ2v) is 5.78. The topological polar surface area (TPSA) is 49.8 Å². The van der Waals surface area contributed by atoms with Crippen molar-refractivity contribution in [1.29, 1.82) is 0 Å². The molecule has 0 aliphatic heterocycles. The summed E-state index contributed by atoms with van der Waals surface area (Å²) >= 11 is 5.13. The number of hydrogen-bond donors (Lipinski definition) is 2. The minimum Gasteiger partial charge on any atom is -0.354 e. The number of imidazole rings is 1. The molecule has 1 aromatic heterocycles. The number of aromatic amines is 1. The molecule has 2 rings (SSSR count). The van der Waals surface area contributed by atoms with E-state index in [1.807, 2.05) is 13.8 Å². The molecule has 0 bridgehead atoms. The number of amides is 1. The van der Waals surface area contributed by atoms with Crippen molar-refractivity contribution >= 4 is 29.2 Å². The molecule has 0 fully saturated rings. The Bertz CT molecular complexity index is 736. The maximum absolute atomic E-state index is 13.7. The van der Waals surface area contributed by atoms with Crippen molar-refractivity contribution in [2.45, 2.75) is 26.8 Å². The van der Waals surface area contributed by atoms with Gasteiger partial charge in [0.2, 0.25) is 5.91 Å². The van der Waals surface area contributed by atoms with Crippen LogP contribution in [0, 0.1) is 22.3 Å². The maximum Gasteiger partial charge on any atom is 0.242 e. The van der Waals surface area contributed by atoms with Gasteiger partial charge in [-0.3, -0.25) is 4.79 Å². The quantitative estimate of drug-likeness (QED) is 0.851. The van der Waals surface area contributed by atoms with Gasteiger partial charge in [0.1, 0.15) is 17.4 Å². The third-order valence-corrected chi connectivity index (χ3v) is 3.49. The minimum absolute atomic E-state index is 0.102. The number of benzene rings is 1. The van der Waals surface area contributed by atoms with Crippen molar-refractivity contribution in [2.24, 2.45) is 5.92 Å². The smallest absolute Gasteiger partial charge is 0.242 e. The number of nitrogens with zero attached hydrogens (tertiary/aromatic N) is 1. The Kier molecular flexibility index (Phi) is 4.41. The van der Waals surface area contributed by atoms with E-state index in [2.05, 4.69) is 10.3 Å². The van der Waals surface area contributed by atoms with Crippen LogP contribution in [0.3, 0.4) is 0 Å². The molecule has 0 spiro atoms. The highest BCUT2D eigenvalue weighted by molar-refractivity contribution is 7.71. The summed E-state index contributed by atoms with van der Waals surface area (Å²) < 4.78 is 28.7. The van der Waals surface area contributed by atoms with E-state index in [4.69, 9.17) is 12.2 Å². The Morgan fingerprint density at radius 2 is 2.05 bits per heavy atom. The van der Waals surface area contributed by atoms with E-state index < -0.39 is 17.7 Å². The lowest BCUT2D eigenvalue weighted by atomic mass is 10.2. The first-order chi connectivity index (χ1) is 9.81. The van der Waals surface area contributed by atoms with Gasteiger partial charge in [0.05, 0.1) is 5.52 Å². The molecule has 0 radical (unpaired) electrons. The van der Waals surface area contributed by atoms with Gasteiger partial charge in [-0.25, -0.2) is 8.78 Å². The number of carbonyl (C=O) groups is 1. The molecule has 7 heteroatoms. The van der Waals surface area contributed by atoms with Gasteiger partial charge in [-0.05, 0) is 31.1 Å². The largest absolute Gasteiger partial charge is 0.354 e. The average Bonchev–Trinajstić information content (AvgIpc) is 2.71. The van der Waals surface area contributed by atoms with Crippen LogP contribution < -0.4 is 5.32 Å². The van der Waals surface area contributed by atoms with Crippen molar-refractivity contribution in [1.82, 2.24) is 14.9 Å². The molecule has 2 aromatic rings. The van der Waals surface area contributed by atoms with Crippen molar-refractivity contribution in [3.63, 3.8) is 0 Å². The molecular weight excluding hydrogens is 296 g/mol. The van der Waals surface area contributed by atoms with Gasteiger partial charge < -0.3 is 14.9 Å². The van der Waals surface area contributed by atoms with E-state index in [9.17, 15) is 13.6 Å². The van der Waals surface area contributed by atoms with Crippen molar-refractivity contribution in [3.8, 4) is 0 Å². The van der Waals surface area contributed by atoms with Crippen LogP contribution in [0.4, 0.5) is 8.78 Å². The number of hydrogen-bond acceptors (Lipinski definition) is 2. The predicted molar refractivity (Wildman–Crippen MR) is 79.6 cm³/mol. The molecule has 4 nitrogen and oxygen atoms in total. The normalized spacial score (nSPS) is 12.9. The van der Waals surface area contributed by atoms with E-state index in [0.717, 1.165) is 12.1 Å². The van der Waals surface area contributed by atoms with E-state index in [0.29, 0.717) is 12.5 Å². The number of aromatic nitrogens is 2. The number of rotatable bonds is 4. The van der Waals surface area contributed by atoms with Gasteiger partial charge in [0.25, 0.3) is 0 Å². The fourth-order valence-electron chi connectivity index (χ4n) is 2.10. The third-order valence-electron chi connectivity index (χ3n) is 3.20. The van der Waals surface area contributed by atoms with Crippen LogP contribution in [0.25, 0.3) is 11.0 Å². The highest BCUT2D eigenvalue weighted by Crippen LogP contribution is 2.23. The summed E-state index contributed by atoms with van der Waals surface area (Å²) in [5.41, 5.74) is 0.342. The lowest BCUT2D eigenvalue weighted by Crippen LogP contribution is -2.33. The molecule has 2 N–H and O–H groups in total. The minimum atomic E-state index is -0.732. The summed E-state index contributed by atoms with van der Waals surface area (Å²) in [5, 5.41) is 2.78. The number of fused-ring (bicyclic) bond motifs is 1. The molecule has 1 unspecified atom stereocenters. The molecule has 114 valence electrons. The summed E-state index contributed by atoms with van der Waals surface area (Å²) in [6, 6.07) is 1.28. The lowest BCUT2D eigenvalue weighted by Gasteiger charge is -2.16. The molecule has 1 aromatic carbocycles. The average molecular weight is 313 g/mol. The van der Waals surface area contributed by atoms with Gasteiger partial charge in [0, 0.05) is 12.6 Å². The molecule has 1 heterocycles. The highest BCUT2D eigenvalue weighted by atomic mass is 32.1. The van der Waals surface area contributed by atoms with Crippen LogP contribution in [0.5, 0.6) is 0 Å². The molecule has 21 heavy (non-hydrogen) atoms. The standard InChI is InChI=1S/C14H17F2N3OS/c1-7(2)6-17-13(20)8(3)19-11-5-9(15)4-10(16)12(11)18-14(19)21/h4-5,7-8H,6H2,1-3H3,(H,17,20)(H,18,21). The van der Waals surface area contributed by atoms with Crippen LogP contribution in [0.15, 0.2) is 12.1 Å². The van der Waals surface area contributed by atoms with Crippen molar-refractivity contribution in [3.05, 3.63) is 28.5 Å². The van der Waals surface area contributed by atoms with Crippen LogP contribution in [0.2, 0.25) is 0 Å². The first-order valence-corrected chi connectivity index (χ1v) is 7.09. The molecule has 0 saturated heterocycles. The maximum atomic E-state index is 13.7. The van der Waals surface area contributed by atoms with Crippen LogP contribution in [0.1, 0.15) is 26.8 Å². The summed E-state index contributed by atoms with van der Waals surface area (Å²) in [6.45, 7) is 6.13. The van der Waals surface area contributed by atoms with E-state index >= 15 is 0 Å². The van der Waals surface area contributed by atoms with Crippen molar-refractivity contribution in [2.75, 3.05) is 6.54 Å². The number of H-pyrrole nitrogens is 1. The number of nitrogens with one attached hydrogen (secondary N) is 2. The Morgan fingerprint density at radius 3 is 2.67 bits per heavy atom. The SMILES string of the molecule is CC(C)CNC(=O)C(C)n1c(=S)[nH]c2c(F)cc(F)cc21. The molecule has 1 amide bonds. The Morgan fingerprint density at radius 1 is 1.38 bits per heavy atom. The first-order valence-electron chi connectivity index (χ1n) is 6.68. The lowest BCUT2D eigenvalue weighted by molar-refractivity contribution is -0.123. The molecule has 0 aliphatic carbocycles. The fourth-order valence-corrected chi connectivity index (χ4v) is 2.46. The van der Waals surface area contributed by atoms with E-state index in [1.54, 1.807) is 6.92 Å².